The van der Waals surface area contributed by atoms with Crippen LogP contribution in [-0.2, 0) is 39.8 Å². The van der Waals surface area contributed by atoms with Gasteiger partial charge in [-0.25, -0.2) is 0 Å². The van der Waals surface area contributed by atoms with Crippen molar-refractivity contribution in [2.75, 3.05) is 18.1 Å². The molecule has 3 amide bonds. The number of rotatable bonds is 28. The summed E-state index contributed by atoms with van der Waals surface area (Å²) in [7, 11) is 0. The van der Waals surface area contributed by atoms with Gasteiger partial charge in [-0.2, -0.15) is 0 Å². The minimum Gasteiger partial charge on any atom is -0.461 e. The molecule has 0 bridgehead atoms. The topological polar surface area (TPSA) is 154 Å². The minimum absolute atomic E-state index is 0.0252. The molecule has 7 aromatic carbocycles. The van der Waals surface area contributed by atoms with E-state index in [-0.39, 0.29) is 25.2 Å². The molecule has 5 atom stereocenters. The van der Waals surface area contributed by atoms with E-state index in [1.165, 1.54) is 24.8 Å². The Morgan fingerprint density at radius 2 is 0.974 bits per heavy atom. The van der Waals surface area contributed by atoms with Crippen LogP contribution in [0.5, 0.6) is 0 Å². The zero-order chi connectivity index (χ0) is 54.3. The third kappa shape index (κ3) is 15.6. The molecular weight excluding hydrogens is 999 g/mol. The molecule has 0 heterocycles. The predicted molar refractivity (Wildman–Crippen MR) is 311 cm³/mol. The predicted octanol–water partition coefficient (Wildman–Crippen LogP) is 10.3. The van der Waals surface area contributed by atoms with Crippen molar-refractivity contribution in [1.29, 1.82) is 0 Å². The van der Waals surface area contributed by atoms with Crippen LogP contribution in [0.2, 0.25) is 0 Å². The molecule has 5 N–H and O–H groups in total. The quantitative estimate of drug-likeness (QED) is 0.0140. The number of esters is 1. The van der Waals surface area contributed by atoms with E-state index in [2.05, 4.69) is 95.3 Å². The molecule has 0 saturated heterocycles. The number of ether oxygens (including phenoxy) is 1. The van der Waals surface area contributed by atoms with Crippen molar-refractivity contribution in [3.8, 4) is 0 Å². The molecule has 0 spiro atoms. The third-order valence-corrected chi connectivity index (χ3v) is 16.4. The average Bonchev–Trinajstić information content (AvgIpc) is 3.48. The lowest BCUT2D eigenvalue weighted by atomic mass is 9.84. The number of carbonyl (C=O) groups is 4. The highest BCUT2D eigenvalue weighted by Crippen LogP contribution is 2.50. The Kier molecular flexibility index (Phi) is 21.7. The van der Waals surface area contributed by atoms with Crippen molar-refractivity contribution in [3.63, 3.8) is 0 Å². The number of amides is 3. The standard InChI is InChI=1S/C65H67N3O7S2/c1-3-42-75-61(72)46-59(70)57(44-49-27-11-4-12-28-49)67-63(74)58(47-77-65(53-35-19-8-20-36-53,54-37-21-9-22-38-54)55-39-23-10-24-40-55)68-62(73)48(2)66-60(71)45-56(69)41-25-26-43-76-64(50-29-13-5-14-30-50,51-31-15-6-16-32-51)52-33-17-7-18-34-52/h3-25,27-41,48,56-59,69-70H,1,26,42-47H2,2H3,(H,66,71)(H,67,74)(H,68,73)/t48-,56-,57-,58-,59+/m1/s1. The van der Waals surface area contributed by atoms with E-state index in [0.717, 1.165) is 38.9 Å². The molecule has 0 fully saturated rings. The van der Waals surface area contributed by atoms with Crippen LogP contribution in [-0.4, -0.2) is 82.3 Å². The van der Waals surface area contributed by atoms with E-state index in [0.29, 0.717) is 12.2 Å². The van der Waals surface area contributed by atoms with Gasteiger partial charge >= 0.3 is 5.97 Å². The van der Waals surface area contributed by atoms with Gasteiger partial charge in [0.1, 0.15) is 18.7 Å². The summed E-state index contributed by atoms with van der Waals surface area (Å²) in [5.41, 5.74) is 7.06. The first-order valence-electron chi connectivity index (χ1n) is 25.9. The second kappa shape index (κ2) is 29.1. The smallest absolute Gasteiger partial charge is 0.308 e. The molecule has 7 rings (SSSR count). The maximum absolute atomic E-state index is 14.9. The van der Waals surface area contributed by atoms with Crippen LogP contribution in [0.25, 0.3) is 0 Å². The van der Waals surface area contributed by atoms with Gasteiger partial charge in [-0.15, -0.1) is 23.5 Å². The fourth-order valence-electron chi connectivity index (χ4n) is 9.34. The Balaban J connectivity index is 1.07. The number of carbonyl (C=O) groups excluding carboxylic acids is 4. The Morgan fingerprint density at radius 1 is 0.558 bits per heavy atom. The second-order valence-electron chi connectivity index (χ2n) is 18.6. The van der Waals surface area contributed by atoms with Gasteiger partial charge in [0.15, 0.2) is 0 Å². The molecule has 77 heavy (non-hydrogen) atoms. The summed E-state index contributed by atoms with van der Waals surface area (Å²) in [5.74, 6) is -1.75. The van der Waals surface area contributed by atoms with Gasteiger partial charge in [0.2, 0.25) is 17.7 Å². The number of hydrogen-bond acceptors (Lipinski definition) is 9. The lowest BCUT2D eigenvalue weighted by molar-refractivity contribution is -0.145. The first-order chi connectivity index (χ1) is 37.5. The highest BCUT2D eigenvalue weighted by atomic mass is 32.2. The number of thioether (sulfide) groups is 2. The lowest BCUT2D eigenvalue weighted by Gasteiger charge is -2.37. The molecule has 396 valence electrons. The van der Waals surface area contributed by atoms with Crippen LogP contribution in [0, 0.1) is 0 Å². The maximum Gasteiger partial charge on any atom is 0.308 e. The van der Waals surface area contributed by atoms with E-state index in [4.69, 9.17) is 4.74 Å². The van der Waals surface area contributed by atoms with Crippen molar-refractivity contribution in [2.45, 2.75) is 72.4 Å². The third-order valence-electron chi connectivity index (χ3n) is 13.1. The number of nitrogens with one attached hydrogen (secondary N) is 3. The number of allylic oxidation sites excluding steroid dienone is 1. The van der Waals surface area contributed by atoms with E-state index in [1.807, 2.05) is 146 Å². The summed E-state index contributed by atoms with van der Waals surface area (Å²) in [6, 6.07) is 67.0. The van der Waals surface area contributed by atoms with Gasteiger partial charge in [-0.3, -0.25) is 19.2 Å². The van der Waals surface area contributed by atoms with E-state index in [1.54, 1.807) is 17.8 Å². The summed E-state index contributed by atoms with van der Waals surface area (Å²) in [5, 5.41) is 31.3. The largest absolute Gasteiger partial charge is 0.461 e. The van der Waals surface area contributed by atoms with Crippen molar-refractivity contribution in [1.82, 2.24) is 16.0 Å². The minimum atomic E-state index is -1.36. The van der Waals surface area contributed by atoms with Gasteiger partial charge in [0.05, 0.1) is 40.6 Å². The molecule has 0 radical (unpaired) electrons. The molecule has 10 nitrogen and oxygen atoms in total. The summed E-state index contributed by atoms with van der Waals surface area (Å²) in [6.07, 6.45) is 2.49. The highest BCUT2D eigenvalue weighted by Gasteiger charge is 2.40. The van der Waals surface area contributed by atoms with Crippen LogP contribution in [0.1, 0.15) is 65.1 Å². The van der Waals surface area contributed by atoms with Crippen molar-refractivity contribution < 1.29 is 34.1 Å². The van der Waals surface area contributed by atoms with Gasteiger partial charge in [0, 0.05) is 5.75 Å². The van der Waals surface area contributed by atoms with Crippen molar-refractivity contribution >= 4 is 47.2 Å². The monoisotopic (exact) mass is 1070 g/mol. The SMILES string of the molecule is C=CCOC(=O)C[C@H](O)[C@@H](Cc1ccccc1)NC(=O)[C@@H](CSC(c1ccccc1)(c1ccccc1)c1ccccc1)NC(=O)[C@@H](C)NC(=O)C[C@H](O)C=CCCSC(c1ccccc1)(c1ccccc1)c1ccccc1. The number of benzene rings is 7. The zero-order valence-corrected chi connectivity index (χ0v) is 44.9. The fraction of sp³-hybridized carbons (Fsp3) is 0.231. The first-order valence-corrected chi connectivity index (χ1v) is 27.8. The number of hydrogen-bond donors (Lipinski definition) is 5. The van der Waals surface area contributed by atoms with Crippen LogP contribution in [0.3, 0.4) is 0 Å². The Morgan fingerprint density at radius 3 is 1.40 bits per heavy atom. The van der Waals surface area contributed by atoms with Crippen LogP contribution in [0.15, 0.2) is 237 Å². The van der Waals surface area contributed by atoms with Crippen LogP contribution < -0.4 is 16.0 Å². The molecule has 0 aliphatic rings. The van der Waals surface area contributed by atoms with Gasteiger partial charge in [0.25, 0.3) is 0 Å². The fourth-order valence-corrected chi connectivity index (χ4v) is 12.4. The van der Waals surface area contributed by atoms with Crippen LogP contribution >= 0.6 is 23.5 Å². The Bertz CT molecular complexity index is 2760. The first kappa shape index (κ1) is 57.2. The molecular formula is C65H67N3O7S2. The molecule has 12 heteroatoms. The molecule has 0 aliphatic carbocycles. The van der Waals surface area contributed by atoms with Crippen LogP contribution in [0.4, 0.5) is 0 Å². The summed E-state index contributed by atoms with van der Waals surface area (Å²) < 4.78 is 3.82. The number of aliphatic hydroxyl groups is 2. The molecule has 0 unspecified atom stereocenters. The maximum atomic E-state index is 14.9. The molecule has 7 aromatic rings. The van der Waals surface area contributed by atoms with Gasteiger partial charge < -0.3 is 30.9 Å². The normalized spacial score (nSPS) is 13.5. The molecule has 0 saturated carbocycles. The summed E-state index contributed by atoms with van der Waals surface area (Å²) >= 11 is 3.26. The Hall–Kier alpha value is -7.48. The van der Waals surface area contributed by atoms with E-state index in [9.17, 15) is 29.4 Å². The molecule has 0 aliphatic heterocycles. The zero-order valence-electron chi connectivity index (χ0n) is 43.2. The summed E-state index contributed by atoms with van der Waals surface area (Å²) in [4.78, 5) is 55.4. The Labute approximate surface area is 461 Å². The summed E-state index contributed by atoms with van der Waals surface area (Å²) in [6.45, 7) is 5.07. The van der Waals surface area contributed by atoms with E-state index < -0.39 is 69.9 Å². The highest BCUT2D eigenvalue weighted by molar-refractivity contribution is 8.00. The van der Waals surface area contributed by atoms with Crippen molar-refractivity contribution in [2.24, 2.45) is 0 Å². The number of aliphatic hydroxyl groups excluding tert-OH is 2. The average molecular weight is 1070 g/mol. The molecule has 0 aromatic heterocycles. The van der Waals surface area contributed by atoms with Gasteiger partial charge in [-0.05, 0) is 64.5 Å². The van der Waals surface area contributed by atoms with E-state index >= 15 is 0 Å². The lowest BCUT2D eigenvalue weighted by Crippen LogP contribution is -2.57. The van der Waals surface area contributed by atoms with Crippen molar-refractivity contribution in [3.05, 3.63) is 276 Å². The second-order valence-corrected chi connectivity index (χ2v) is 21.1. The van der Waals surface area contributed by atoms with Gasteiger partial charge in [-0.1, -0.05) is 237 Å².